The Morgan fingerprint density at radius 2 is 2.27 bits per heavy atom. The van der Waals surface area contributed by atoms with Gasteiger partial charge in [0.2, 0.25) is 5.91 Å². The van der Waals surface area contributed by atoms with Crippen molar-refractivity contribution in [2.45, 2.75) is 26.2 Å². The molecule has 2 aromatic heterocycles. The minimum absolute atomic E-state index is 0.0302. The fraction of sp³-hybridized carbons (Fsp3) is 0.400. The number of amides is 2. The van der Waals surface area contributed by atoms with Gasteiger partial charge in [-0.15, -0.1) is 11.3 Å². The third-order valence-corrected chi connectivity index (χ3v) is 3.93. The van der Waals surface area contributed by atoms with Crippen LogP contribution in [-0.4, -0.2) is 35.3 Å². The van der Waals surface area contributed by atoms with Gasteiger partial charge in [-0.25, -0.2) is 4.98 Å². The molecule has 0 saturated carbocycles. The minimum Gasteiger partial charge on any atom is -0.459 e. The highest BCUT2D eigenvalue weighted by molar-refractivity contribution is 7.14. The molecule has 0 radical (unpaired) electrons. The summed E-state index contributed by atoms with van der Waals surface area (Å²) in [5.41, 5.74) is 0.660. The van der Waals surface area contributed by atoms with Gasteiger partial charge in [0.05, 0.1) is 18.4 Å². The van der Waals surface area contributed by atoms with Crippen molar-refractivity contribution in [3.8, 4) is 0 Å². The molecule has 6 nitrogen and oxygen atoms in total. The second-order valence-corrected chi connectivity index (χ2v) is 5.78. The van der Waals surface area contributed by atoms with Crippen molar-refractivity contribution in [1.29, 1.82) is 0 Å². The number of hydrogen-bond donors (Lipinski definition) is 1. The molecule has 0 aliphatic rings. The molecule has 7 heteroatoms. The molecule has 0 saturated heterocycles. The zero-order chi connectivity index (χ0) is 15.9. The maximum atomic E-state index is 12.0. The highest BCUT2D eigenvalue weighted by Gasteiger charge is 2.14. The average molecular weight is 321 g/mol. The monoisotopic (exact) mass is 321 g/mol. The first-order valence-electron chi connectivity index (χ1n) is 7.13. The molecule has 0 aliphatic heterocycles. The fourth-order valence-corrected chi connectivity index (χ4v) is 2.53. The topological polar surface area (TPSA) is 75.4 Å². The van der Waals surface area contributed by atoms with E-state index in [9.17, 15) is 9.59 Å². The standard InChI is InChI=1S/C15H19N3O3S/c1-3-4-7-18(2)13(19)9-11-10-22-15(16-11)17-14(20)12-6-5-8-21-12/h5-6,8,10H,3-4,7,9H2,1-2H3,(H,16,17,20). The van der Waals surface area contributed by atoms with Crippen LogP contribution in [0.3, 0.4) is 0 Å². The zero-order valence-corrected chi connectivity index (χ0v) is 13.5. The summed E-state index contributed by atoms with van der Waals surface area (Å²) in [6.45, 7) is 2.84. The van der Waals surface area contributed by atoms with E-state index >= 15 is 0 Å². The first-order valence-corrected chi connectivity index (χ1v) is 8.01. The summed E-state index contributed by atoms with van der Waals surface area (Å²) < 4.78 is 5.01. The van der Waals surface area contributed by atoms with Crippen molar-refractivity contribution in [2.24, 2.45) is 0 Å². The summed E-state index contributed by atoms with van der Waals surface area (Å²) in [7, 11) is 1.80. The van der Waals surface area contributed by atoms with Gasteiger partial charge in [-0.1, -0.05) is 13.3 Å². The Balaban J connectivity index is 1.88. The normalized spacial score (nSPS) is 10.5. The molecule has 0 spiro atoms. The van der Waals surface area contributed by atoms with Gasteiger partial charge in [0.1, 0.15) is 0 Å². The predicted molar refractivity (Wildman–Crippen MR) is 85.0 cm³/mol. The Bertz CT molecular complexity index is 622. The van der Waals surface area contributed by atoms with Crippen LogP contribution >= 0.6 is 11.3 Å². The van der Waals surface area contributed by atoms with E-state index in [-0.39, 0.29) is 24.0 Å². The highest BCUT2D eigenvalue weighted by Crippen LogP contribution is 2.17. The average Bonchev–Trinajstić information content (AvgIpc) is 3.16. The van der Waals surface area contributed by atoms with Gasteiger partial charge < -0.3 is 9.32 Å². The summed E-state index contributed by atoms with van der Waals surface area (Å²) in [5.74, 6) is -0.0907. The molecular formula is C15H19N3O3S. The number of likely N-dealkylation sites (N-methyl/N-ethyl adjacent to an activating group) is 1. The molecule has 2 aromatic rings. The van der Waals surface area contributed by atoms with Crippen LogP contribution < -0.4 is 5.32 Å². The number of carbonyl (C=O) groups excluding carboxylic acids is 2. The molecule has 0 fully saturated rings. The first-order chi connectivity index (χ1) is 10.6. The first kappa shape index (κ1) is 16.2. The van der Waals surface area contributed by atoms with Gasteiger partial charge in [-0.3, -0.25) is 14.9 Å². The van der Waals surface area contributed by atoms with Crippen molar-refractivity contribution in [3.05, 3.63) is 35.2 Å². The minimum atomic E-state index is -0.350. The third-order valence-electron chi connectivity index (χ3n) is 3.12. The van der Waals surface area contributed by atoms with E-state index < -0.39 is 0 Å². The quantitative estimate of drug-likeness (QED) is 0.851. The Labute approximate surface area is 133 Å². The van der Waals surface area contributed by atoms with Crippen molar-refractivity contribution in [2.75, 3.05) is 18.9 Å². The summed E-state index contributed by atoms with van der Waals surface area (Å²) in [5, 5.41) is 4.89. The van der Waals surface area contributed by atoms with Crippen LogP contribution in [0.25, 0.3) is 0 Å². The van der Waals surface area contributed by atoms with Crippen molar-refractivity contribution < 1.29 is 14.0 Å². The van der Waals surface area contributed by atoms with Crippen LogP contribution in [-0.2, 0) is 11.2 Å². The molecule has 0 aromatic carbocycles. The zero-order valence-electron chi connectivity index (χ0n) is 12.7. The van der Waals surface area contributed by atoms with E-state index in [0.717, 1.165) is 19.4 Å². The largest absolute Gasteiger partial charge is 0.459 e. The number of rotatable bonds is 7. The number of nitrogens with zero attached hydrogens (tertiary/aromatic N) is 2. The smallest absolute Gasteiger partial charge is 0.293 e. The molecule has 0 unspecified atom stereocenters. The van der Waals surface area contributed by atoms with E-state index in [1.54, 1.807) is 29.5 Å². The molecule has 0 aliphatic carbocycles. The third kappa shape index (κ3) is 4.42. The van der Waals surface area contributed by atoms with E-state index in [1.807, 2.05) is 0 Å². The summed E-state index contributed by atoms with van der Waals surface area (Å²) in [6.07, 6.45) is 3.72. The Hall–Kier alpha value is -2.15. The van der Waals surface area contributed by atoms with E-state index in [1.165, 1.54) is 17.6 Å². The van der Waals surface area contributed by atoms with Crippen molar-refractivity contribution in [3.63, 3.8) is 0 Å². The number of thiazole rings is 1. The van der Waals surface area contributed by atoms with Crippen LogP contribution in [0.2, 0.25) is 0 Å². The molecule has 118 valence electrons. The molecule has 22 heavy (non-hydrogen) atoms. The van der Waals surface area contributed by atoms with Gasteiger partial charge in [0.25, 0.3) is 5.91 Å². The second kappa shape index (κ2) is 7.74. The number of unbranched alkanes of at least 4 members (excludes halogenated alkanes) is 1. The van der Waals surface area contributed by atoms with Gasteiger partial charge in [-0.05, 0) is 18.6 Å². The summed E-state index contributed by atoms with van der Waals surface area (Å²) in [4.78, 5) is 29.8. The summed E-state index contributed by atoms with van der Waals surface area (Å²) in [6, 6.07) is 3.23. The van der Waals surface area contributed by atoms with Crippen molar-refractivity contribution >= 4 is 28.3 Å². The lowest BCUT2D eigenvalue weighted by Gasteiger charge is -2.15. The maximum absolute atomic E-state index is 12.0. The van der Waals surface area contributed by atoms with Crippen molar-refractivity contribution in [1.82, 2.24) is 9.88 Å². The molecular weight excluding hydrogens is 302 g/mol. The van der Waals surface area contributed by atoms with E-state index in [2.05, 4.69) is 17.2 Å². The number of carbonyl (C=O) groups is 2. The summed E-state index contributed by atoms with van der Waals surface area (Å²) >= 11 is 1.29. The molecule has 2 heterocycles. The Morgan fingerprint density at radius 3 is 2.95 bits per heavy atom. The lowest BCUT2D eigenvalue weighted by Crippen LogP contribution is -2.29. The predicted octanol–water partition coefficient (Wildman–Crippen LogP) is 2.79. The lowest BCUT2D eigenvalue weighted by molar-refractivity contribution is -0.129. The van der Waals surface area contributed by atoms with E-state index in [4.69, 9.17) is 4.42 Å². The fourth-order valence-electron chi connectivity index (χ4n) is 1.82. The SMILES string of the molecule is CCCCN(C)C(=O)Cc1csc(NC(=O)c2ccco2)n1. The number of aromatic nitrogens is 1. The van der Waals surface area contributed by atoms with Gasteiger partial charge in [0.15, 0.2) is 10.9 Å². The number of hydrogen-bond acceptors (Lipinski definition) is 5. The van der Waals surface area contributed by atoms with Crippen LogP contribution in [0.1, 0.15) is 36.0 Å². The number of anilines is 1. The molecule has 0 atom stereocenters. The van der Waals surface area contributed by atoms with Gasteiger partial charge in [0, 0.05) is 19.0 Å². The molecule has 1 N–H and O–H groups in total. The van der Waals surface area contributed by atoms with Crippen LogP contribution in [0.5, 0.6) is 0 Å². The number of furan rings is 1. The second-order valence-electron chi connectivity index (χ2n) is 4.92. The van der Waals surface area contributed by atoms with Crippen LogP contribution in [0.15, 0.2) is 28.2 Å². The highest BCUT2D eigenvalue weighted by atomic mass is 32.1. The molecule has 2 amide bonds. The van der Waals surface area contributed by atoms with Gasteiger partial charge >= 0.3 is 0 Å². The molecule has 0 bridgehead atoms. The van der Waals surface area contributed by atoms with Crippen LogP contribution in [0, 0.1) is 0 Å². The van der Waals surface area contributed by atoms with Gasteiger partial charge in [-0.2, -0.15) is 0 Å². The van der Waals surface area contributed by atoms with E-state index in [0.29, 0.717) is 10.8 Å². The van der Waals surface area contributed by atoms with Crippen LogP contribution in [0.4, 0.5) is 5.13 Å². The number of nitrogens with one attached hydrogen (secondary N) is 1. The Kier molecular flexibility index (Phi) is 5.71. The Morgan fingerprint density at radius 1 is 1.45 bits per heavy atom. The lowest BCUT2D eigenvalue weighted by atomic mass is 10.2. The molecule has 2 rings (SSSR count). The maximum Gasteiger partial charge on any atom is 0.293 e.